The summed E-state index contributed by atoms with van der Waals surface area (Å²) in [5.74, 6) is 0.418. The van der Waals surface area contributed by atoms with Crippen molar-refractivity contribution in [2.24, 2.45) is 10.8 Å². The third-order valence-electron chi connectivity index (χ3n) is 1.89. The average molecular weight is 393 g/mol. The molecule has 102 valence electrons. The first-order chi connectivity index (χ1) is 8.93. The molecule has 1 aromatic carbocycles. The lowest BCUT2D eigenvalue weighted by atomic mass is 10.2. The lowest BCUT2D eigenvalue weighted by molar-refractivity contribution is -0.132. The fraction of sp³-hybridized carbons (Fsp3) is 0.182. The van der Waals surface area contributed by atoms with E-state index in [9.17, 15) is 4.79 Å². The fourth-order valence-electron chi connectivity index (χ4n) is 1.23. The molecule has 0 aliphatic heterocycles. The van der Waals surface area contributed by atoms with Crippen LogP contribution in [-0.2, 0) is 4.79 Å². The molecule has 0 heterocycles. The van der Waals surface area contributed by atoms with Crippen LogP contribution in [0.5, 0.6) is 11.5 Å². The van der Waals surface area contributed by atoms with Crippen molar-refractivity contribution >= 4 is 52.1 Å². The molecule has 0 aliphatic carbocycles. The zero-order chi connectivity index (χ0) is 14.4. The average Bonchev–Trinajstić information content (AvgIpc) is 2.31. The number of hydrogen-bond donors (Lipinski definition) is 2. The van der Waals surface area contributed by atoms with Crippen LogP contribution in [0.3, 0.4) is 0 Å². The van der Waals surface area contributed by atoms with Crippen LogP contribution in [0.1, 0.15) is 12.5 Å². The number of carbonyl (C=O) groups is 1. The molecule has 8 heteroatoms. The number of methoxy groups -OCH3 is 1. The number of benzene rings is 1. The standard InChI is InChI=1S/C11H12IN3O3S/c1-6(16)18-10-8(12)3-7(4-9(10)17-2)5-14-15-11(13)19/h3-5H,1-2H3,(H3,13,15,19)/b14-5+. The minimum atomic E-state index is -0.409. The number of carbonyl (C=O) groups excluding carboxylic acids is 1. The van der Waals surface area contributed by atoms with Crippen LogP contribution in [0.25, 0.3) is 0 Å². The zero-order valence-corrected chi connectivity index (χ0v) is 13.2. The van der Waals surface area contributed by atoms with Gasteiger partial charge in [0.2, 0.25) is 0 Å². The zero-order valence-electron chi connectivity index (χ0n) is 10.3. The summed E-state index contributed by atoms with van der Waals surface area (Å²) in [5.41, 5.74) is 8.44. The molecule has 19 heavy (non-hydrogen) atoms. The number of hydrazone groups is 1. The summed E-state index contributed by atoms with van der Waals surface area (Å²) < 4.78 is 11.0. The Morgan fingerprint density at radius 3 is 2.79 bits per heavy atom. The Bertz CT molecular complexity index is 534. The molecule has 0 radical (unpaired) electrons. The van der Waals surface area contributed by atoms with Gasteiger partial charge in [-0.15, -0.1) is 0 Å². The van der Waals surface area contributed by atoms with Crippen molar-refractivity contribution in [3.63, 3.8) is 0 Å². The first-order valence-electron chi connectivity index (χ1n) is 5.08. The van der Waals surface area contributed by atoms with Gasteiger partial charge in [0.25, 0.3) is 0 Å². The van der Waals surface area contributed by atoms with Gasteiger partial charge in [-0.05, 0) is 52.5 Å². The summed E-state index contributed by atoms with van der Waals surface area (Å²) in [4.78, 5) is 11.0. The van der Waals surface area contributed by atoms with Gasteiger partial charge in [0.05, 0.1) is 16.9 Å². The Labute approximate surface area is 129 Å². The Balaban J connectivity index is 3.05. The van der Waals surface area contributed by atoms with E-state index in [2.05, 4.69) is 22.7 Å². The SMILES string of the molecule is COc1cc(/C=N/NC(N)=S)cc(I)c1OC(C)=O. The van der Waals surface area contributed by atoms with Crippen LogP contribution < -0.4 is 20.6 Å². The van der Waals surface area contributed by atoms with Crippen LogP contribution in [0.15, 0.2) is 17.2 Å². The molecule has 0 fully saturated rings. The van der Waals surface area contributed by atoms with Crippen molar-refractivity contribution in [1.29, 1.82) is 0 Å². The molecule has 1 aromatic rings. The highest BCUT2D eigenvalue weighted by molar-refractivity contribution is 14.1. The summed E-state index contributed by atoms with van der Waals surface area (Å²) in [6.07, 6.45) is 1.53. The molecule has 0 spiro atoms. The molecule has 1 rings (SSSR count). The maximum Gasteiger partial charge on any atom is 0.308 e. The maximum absolute atomic E-state index is 11.0. The van der Waals surface area contributed by atoms with Gasteiger partial charge in [-0.3, -0.25) is 10.2 Å². The van der Waals surface area contributed by atoms with E-state index < -0.39 is 5.97 Å². The van der Waals surface area contributed by atoms with Crippen molar-refractivity contribution in [2.75, 3.05) is 7.11 Å². The molecule has 3 N–H and O–H groups in total. The molecule has 0 bridgehead atoms. The third-order valence-corrected chi connectivity index (χ3v) is 2.78. The second-order valence-electron chi connectivity index (χ2n) is 3.36. The van der Waals surface area contributed by atoms with Gasteiger partial charge in [0, 0.05) is 6.92 Å². The molecule has 6 nitrogen and oxygen atoms in total. The van der Waals surface area contributed by atoms with Gasteiger partial charge in [0.1, 0.15) is 0 Å². The number of thiocarbonyl (C=S) groups is 1. The predicted molar refractivity (Wildman–Crippen MR) is 84.5 cm³/mol. The normalized spacial score (nSPS) is 10.3. The van der Waals surface area contributed by atoms with E-state index in [0.717, 1.165) is 9.13 Å². The molecule has 0 unspecified atom stereocenters. The predicted octanol–water partition coefficient (Wildman–Crippen LogP) is 1.39. The van der Waals surface area contributed by atoms with Crippen LogP contribution in [0, 0.1) is 3.57 Å². The number of halogens is 1. The monoisotopic (exact) mass is 393 g/mol. The minimum Gasteiger partial charge on any atom is -0.493 e. The Morgan fingerprint density at radius 1 is 1.58 bits per heavy atom. The van der Waals surface area contributed by atoms with Crippen molar-refractivity contribution in [3.8, 4) is 11.5 Å². The van der Waals surface area contributed by atoms with Crippen LogP contribution in [-0.4, -0.2) is 24.4 Å². The van der Waals surface area contributed by atoms with Crippen LogP contribution in [0.2, 0.25) is 0 Å². The lowest BCUT2D eigenvalue weighted by Crippen LogP contribution is -2.24. The highest BCUT2D eigenvalue weighted by Crippen LogP contribution is 2.33. The number of hydrogen-bond acceptors (Lipinski definition) is 5. The number of nitrogens with two attached hydrogens (primary N) is 1. The molecule has 0 atom stereocenters. The highest BCUT2D eigenvalue weighted by atomic mass is 127. The number of nitrogens with zero attached hydrogens (tertiary/aromatic N) is 1. The van der Waals surface area contributed by atoms with Gasteiger partial charge in [-0.1, -0.05) is 0 Å². The summed E-state index contributed by atoms with van der Waals surface area (Å²) in [5, 5.41) is 3.92. The van der Waals surface area contributed by atoms with Gasteiger partial charge in [-0.2, -0.15) is 5.10 Å². The topological polar surface area (TPSA) is 85.9 Å². The highest BCUT2D eigenvalue weighted by Gasteiger charge is 2.12. The van der Waals surface area contributed by atoms with Gasteiger partial charge >= 0.3 is 5.97 Å². The van der Waals surface area contributed by atoms with E-state index >= 15 is 0 Å². The summed E-state index contributed by atoms with van der Waals surface area (Å²) in [7, 11) is 1.49. The van der Waals surface area contributed by atoms with Crippen molar-refractivity contribution in [1.82, 2.24) is 5.43 Å². The Hall–Kier alpha value is -1.42. The smallest absolute Gasteiger partial charge is 0.308 e. The fourth-order valence-corrected chi connectivity index (χ4v) is 2.02. The number of esters is 1. The van der Waals surface area contributed by atoms with Crippen molar-refractivity contribution in [2.45, 2.75) is 6.92 Å². The molecule has 0 aromatic heterocycles. The molecular weight excluding hydrogens is 381 g/mol. The lowest BCUT2D eigenvalue weighted by Gasteiger charge is -2.10. The van der Waals surface area contributed by atoms with E-state index in [1.54, 1.807) is 12.1 Å². The summed E-state index contributed by atoms with van der Waals surface area (Å²) >= 11 is 6.67. The van der Waals surface area contributed by atoms with E-state index in [-0.39, 0.29) is 5.11 Å². The summed E-state index contributed by atoms with van der Waals surface area (Å²) in [6, 6.07) is 3.47. The minimum absolute atomic E-state index is 0.0782. The van der Waals surface area contributed by atoms with E-state index in [1.165, 1.54) is 20.2 Å². The molecule has 0 saturated carbocycles. The maximum atomic E-state index is 11.0. The van der Waals surface area contributed by atoms with Crippen molar-refractivity contribution in [3.05, 3.63) is 21.3 Å². The third kappa shape index (κ3) is 4.99. The number of ether oxygens (including phenoxy) is 2. The largest absolute Gasteiger partial charge is 0.493 e. The van der Waals surface area contributed by atoms with Crippen LogP contribution >= 0.6 is 34.8 Å². The van der Waals surface area contributed by atoms with Gasteiger partial charge in [-0.25, -0.2) is 0 Å². The Kier molecular flexibility index (Phi) is 5.96. The first-order valence-corrected chi connectivity index (χ1v) is 6.57. The first kappa shape index (κ1) is 15.6. The Morgan fingerprint density at radius 2 is 2.26 bits per heavy atom. The van der Waals surface area contributed by atoms with Gasteiger partial charge < -0.3 is 15.2 Å². The van der Waals surface area contributed by atoms with Crippen LogP contribution in [0.4, 0.5) is 0 Å². The second kappa shape index (κ2) is 7.24. The second-order valence-corrected chi connectivity index (χ2v) is 4.96. The number of rotatable bonds is 4. The van der Waals surface area contributed by atoms with E-state index in [1.807, 2.05) is 22.6 Å². The quantitative estimate of drug-likeness (QED) is 0.201. The molecule has 0 amide bonds. The molecule has 0 aliphatic rings. The van der Waals surface area contributed by atoms with E-state index in [4.69, 9.17) is 15.2 Å². The van der Waals surface area contributed by atoms with E-state index in [0.29, 0.717) is 11.5 Å². The molecule has 0 saturated heterocycles. The van der Waals surface area contributed by atoms with Gasteiger partial charge in [0.15, 0.2) is 16.6 Å². The van der Waals surface area contributed by atoms with Crippen molar-refractivity contribution < 1.29 is 14.3 Å². The number of nitrogens with one attached hydrogen (secondary N) is 1. The summed E-state index contributed by atoms with van der Waals surface area (Å²) in [6.45, 7) is 1.33. The molecular formula is C11H12IN3O3S.